The second-order valence-electron chi connectivity index (χ2n) is 14.9. The first kappa shape index (κ1) is 38.5. The van der Waals surface area contributed by atoms with E-state index in [4.69, 9.17) is 11.5 Å². The Labute approximate surface area is 291 Å². The number of nitrogens with zero attached hydrogens (tertiary/aromatic N) is 2. The Morgan fingerprint density at radius 2 is 1.57 bits per heavy atom. The minimum atomic E-state index is -0.894. The van der Waals surface area contributed by atoms with E-state index in [2.05, 4.69) is 10.6 Å². The molecule has 1 aromatic carbocycles. The maximum atomic E-state index is 14.0. The molecule has 49 heavy (non-hydrogen) atoms. The van der Waals surface area contributed by atoms with E-state index < -0.39 is 30.0 Å². The van der Waals surface area contributed by atoms with Crippen LogP contribution >= 0.6 is 0 Å². The van der Waals surface area contributed by atoms with E-state index >= 15 is 0 Å². The van der Waals surface area contributed by atoms with Crippen molar-refractivity contribution in [2.24, 2.45) is 29.2 Å². The maximum Gasteiger partial charge on any atom is 0.317 e. The van der Waals surface area contributed by atoms with Gasteiger partial charge in [-0.05, 0) is 75.3 Å². The van der Waals surface area contributed by atoms with Crippen LogP contribution in [0.3, 0.4) is 0 Å². The highest BCUT2D eigenvalue weighted by Crippen LogP contribution is 2.33. The molecular formula is C37H58N6O6. The zero-order valence-electron chi connectivity index (χ0n) is 29.4. The van der Waals surface area contributed by atoms with Crippen molar-refractivity contribution in [1.82, 2.24) is 20.4 Å². The van der Waals surface area contributed by atoms with E-state index in [0.29, 0.717) is 45.3 Å². The molecule has 2 heterocycles. The molecule has 6 unspecified atom stereocenters. The summed E-state index contributed by atoms with van der Waals surface area (Å²) < 4.78 is 0. The summed E-state index contributed by atoms with van der Waals surface area (Å²) in [7, 11) is 0. The van der Waals surface area contributed by atoms with Gasteiger partial charge in [0, 0.05) is 37.5 Å². The molecule has 1 aliphatic carbocycles. The van der Waals surface area contributed by atoms with Gasteiger partial charge in [0.15, 0.2) is 5.78 Å². The van der Waals surface area contributed by atoms with Crippen LogP contribution in [0.5, 0.6) is 0 Å². The minimum Gasteiger partial charge on any atom is -0.480 e. The summed E-state index contributed by atoms with van der Waals surface area (Å²) in [6, 6.07) is 7.01. The molecule has 6 atom stereocenters. The molecule has 0 radical (unpaired) electrons. The molecule has 3 amide bonds. The van der Waals surface area contributed by atoms with E-state index in [1.807, 2.05) is 54.0 Å². The van der Waals surface area contributed by atoms with Gasteiger partial charge < -0.3 is 32.1 Å². The number of amides is 3. The Morgan fingerprint density at radius 1 is 0.918 bits per heavy atom. The number of ketones is 1. The van der Waals surface area contributed by atoms with Crippen molar-refractivity contribution in [2.45, 2.75) is 121 Å². The van der Waals surface area contributed by atoms with Crippen LogP contribution in [0.15, 0.2) is 30.3 Å². The first-order valence-electron chi connectivity index (χ1n) is 18.4. The summed E-state index contributed by atoms with van der Waals surface area (Å²) in [4.78, 5) is 70.2. The fourth-order valence-electron chi connectivity index (χ4n) is 7.90. The Hall–Kier alpha value is -3.35. The number of benzene rings is 1. The topological polar surface area (TPSA) is 188 Å². The molecule has 2 bridgehead atoms. The van der Waals surface area contributed by atoms with Crippen LogP contribution in [0.2, 0.25) is 0 Å². The summed E-state index contributed by atoms with van der Waals surface area (Å²) in [5.74, 6) is -2.49. The highest BCUT2D eigenvalue weighted by Gasteiger charge is 2.49. The van der Waals surface area contributed by atoms with Crippen molar-refractivity contribution < 1.29 is 29.1 Å². The lowest BCUT2D eigenvalue weighted by atomic mass is 9.83. The van der Waals surface area contributed by atoms with Gasteiger partial charge in [-0.2, -0.15) is 0 Å². The average Bonchev–Trinajstić information content (AvgIpc) is 3.07. The molecule has 2 saturated heterocycles. The van der Waals surface area contributed by atoms with E-state index in [1.165, 1.54) is 0 Å². The van der Waals surface area contributed by atoms with Crippen molar-refractivity contribution in [3.8, 4) is 0 Å². The van der Waals surface area contributed by atoms with Crippen molar-refractivity contribution >= 4 is 29.5 Å². The van der Waals surface area contributed by atoms with Gasteiger partial charge in [-0.3, -0.25) is 28.9 Å². The molecule has 4 rings (SSSR count). The van der Waals surface area contributed by atoms with E-state index in [1.54, 1.807) is 0 Å². The number of aliphatic carboxylic acids is 1. The van der Waals surface area contributed by atoms with Gasteiger partial charge in [-0.1, -0.05) is 63.4 Å². The predicted molar refractivity (Wildman–Crippen MR) is 187 cm³/mol. The molecule has 7 N–H and O–H groups in total. The third-order valence-corrected chi connectivity index (χ3v) is 10.5. The zero-order chi connectivity index (χ0) is 35.5. The van der Waals surface area contributed by atoms with Crippen LogP contribution in [0.1, 0.15) is 90.0 Å². The quantitative estimate of drug-likeness (QED) is 0.136. The number of carboxylic acids is 1. The molecular weight excluding hydrogens is 624 g/mol. The summed E-state index contributed by atoms with van der Waals surface area (Å²) in [5.41, 5.74) is 13.1. The van der Waals surface area contributed by atoms with Crippen LogP contribution in [0.4, 0.5) is 0 Å². The van der Waals surface area contributed by atoms with Crippen LogP contribution in [0, 0.1) is 17.8 Å². The fourth-order valence-corrected chi connectivity index (χ4v) is 7.90. The number of unbranched alkanes of at least 4 members (excludes halogenated alkanes) is 1. The Balaban J connectivity index is 1.47. The number of carbonyl (C=O) groups is 5. The monoisotopic (exact) mass is 682 g/mol. The van der Waals surface area contributed by atoms with Gasteiger partial charge in [0.25, 0.3) is 0 Å². The van der Waals surface area contributed by atoms with Crippen LogP contribution in [0.25, 0.3) is 0 Å². The number of carbonyl (C=O) groups excluding carboxylic acids is 4. The summed E-state index contributed by atoms with van der Waals surface area (Å²) >= 11 is 0. The highest BCUT2D eigenvalue weighted by atomic mass is 16.4. The number of piperidine rings is 1. The molecule has 12 nitrogen and oxygen atoms in total. The SMILES string of the molecule is CC(C)CC(CC(=O)C(Cc1ccccc1)NC(=O)C(N)C1CCCCC1)C(=O)NC(CCCCN)C(=O)N1C2CC1CN(CC(=O)O)C2. The first-order valence-corrected chi connectivity index (χ1v) is 18.4. The van der Waals surface area contributed by atoms with Gasteiger partial charge in [-0.15, -0.1) is 0 Å². The molecule has 2 aliphatic heterocycles. The van der Waals surface area contributed by atoms with Crippen LogP contribution in [-0.4, -0.2) is 101 Å². The summed E-state index contributed by atoms with van der Waals surface area (Å²) in [5, 5.41) is 15.2. The van der Waals surface area contributed by atoms with Gasteiger partial charge in [0.05, 0.1) is 18.6 Å². The van der Waals surface area contributed by atoms with Gasteiger partial charge in [-0.25, -0.2) is 0 Å². The molecule has 0 aromatic heterocycles. The standard InChI is InChI=1S/C37H58N6O6/c1-24(2)17-27(19-32(44)31(18-25-11-5-3-6-12-25)41-36(48)34(39)26-13-7-4-8-14-26)35(47)40-30(15-9-10-16-38)37(49)43-28-20-29(43)22-42(21-28)23-33(45)46/h3,5-6,11-12,24,26-31,34H,4,7-10,13-23,38-39H2,1-2H3,(H,40,47)(H,41,48)(H,45,46). The van der Waals surface area contributed by atoms with E-state index in [0.717, 1.165) is 44.1 Å². The molecule has 0 spiro atoms. The number of rotatable bonds is 19. The van der Waals surface area contributed by atoms with Crippen molar-refractivity contribution in [3.63, 3.8) is 0 Å². The summed E-state index contributed by atoms with van der Waals surface area (Å²) in [6.45, 7) is 5.37. The van der Waals surface area contributed by atoms with Crippen molar-refractivity contribution in [3.05, 3.63) is 35.9 Å². The molecule has 1 saturated carbocycles. The average molecular weight is 683 g/mol. The molecule has 3 aliphatic rings. The minimum absolute atomic E-state index is 0.0607. The number of Topliss-reactive ketones (excluding diaryl/α,β-unsaturated/α-hetero) is 1. The third-order valence-electron chi connectivity index (χ3n) is 10.5. The normalized spacial score (nSPS) is 22.0. The maximum absolute atomic E-state index is 14.0. The lowest BCUT2D eigenvalue weighted by molar-refractivity contribution is -0.159. The first-order chi connectivity index (χ1) is 23.5. The van der Waals surface area contributed by atoms with Gasteiger partial charge in [0.1, 0.15) is 6.04 Å². The van der Waals surface area contributed by atoms with Gasteiger partial charge >= 0.3 is 5.97 Å². The number of piperazine rings is 1. The highest BCUT2D eigenvalue weighted by molar-refractivity contribution is 5.95. The molecule has 12 heteroatoms. The summed E-state index contributed by atoms with van der Waals surface area (Å²) in [6.07, 6.45) is 8.26. The smallest absolute Gasteiger partial charge is 0.317 e. The largest absolute Gasteiger partial charge is 0.480 e. The Morgan fingerprint density at radius 3 is 2.18 bits per heavy atom. The van der Waals surface area contributed by atoms with Crippen LogP contribution in [-0.2, 0) is 30.4 Å². The van der Waals surface area contributed by atoms with Crippen molar-refractivity contribution in [1.29, 1.82) is 0 Å². The van der Waals surface area contributed by atoms with Crippen LogP contribution < -0.4 is 22.1 Å². The zero-order valence-corrected chi connectivity index (χ0v) is 29.4. The molecule has 272 valence electrons. The third kappa shape index (κ3) is 11.1. The molecule has 3 fully saturated rings. The predicted octanol–water partition coefficient (Wildman–Crippen LogP) is 2.23. The second kappa shape index (κ2) is 18.6. The van der Waals surface area contributed by atoms with E-state index in [9.17, 15) is 29.1 Å². The van der Waals surface area contributed by atoms with Gasteiger partial charge in [0.2, 0.25) is 17.7 Å². The number of likely N-dealkylation sites (tertiary alicyclic amines) is 2. The number of hydrogen-bond acceptors (Lipinski definition) is 8. The second-order valence-corrected chi connectivity index (χ2v) is 14.9. The van der Waals surface area contributed by atoms with E-state index in [-0.39, 0.29) is 66.8 Å². The number of nitrogens with two attached hydrogens (primary N) is 2. The Bertz CT molecular complexity index is 1260. The fraction of sp³-hybridized carbons (Fsp3) is 0.703. The number of carboxylic acid groups (broad SMARTS) is 1. The lowest BCUT2D eigenvalue weighted by Crippen LogP contribution is -2.72. The molecule has 1 aromatic rings. The number of fused-ring (bicyclic) bond motifs is 2. The number of nitrogens with one attached hydrogen (secondary N) is 2. The number of hydrogen-bond donors (Lipinski definition) is 5. The van der Waals surface area contributed by atoms with Crippen molar-refractivity contribution in [2.75, 3.05) is 26.2 Å². The lowest BCUT2D eigenvalue weighted by Gasteiger charge is -2.56. The Kier molecular flexibility index (Phi) is 14.6.